The van der Waals surface area contributed by atoms with E-state index >= 15 is 0 Å². The summed E-state index contributed by atoms with van der Waals surface area (Å²) in [5.74, 6) is -7.93. The standard InChI is InChI=1S/C9H6F7N/c10-4-1-2-6(11)5(3-4)7(17)8(12,13)9(14,15)16/h1-3,7H,17H2/t7-/m1/s1. The molecule has 1 aromatic rings. The van der Waals surface area contributed by atoms with Gasteiger partial charge in [-0.3, -0.25) is 0 Å². The maximum Gasteiger partial charge on any atom is 0.455 e. The molecule has 0 fully saturated rings. The molecule has 0 aliphatic carbocycles. The van der Waals surface area contributed by atoms with Gasteiger partial charge in [-0.05, 0) is 18.2 Å². The highest BCUT2D eigenvalue weighted by Crippen LogP contribution is 2.43. The molecule has 0 aromatic heterocycles. The Labute approximate surface area is 91.0 Å². The molecular formula is C9H6F7N. The minimum atomic E-state index is -5.94. The smallest absolute Gasteiger partial charge is 0.319 e. The van der Waals surface area contributed by atoms with Crippen LogP contribution in [0.1, 0.15) is 11.6 Å². The van der Waals surface area contributed by atoms with Crippen LogP contribution in [0.3, 0.4) is 0 Å². The zero-order chi connectivity index (χ0) is 13.4. The van der Waals surface area contributed by atoms with Crippen molar-refractivity contribution >= 4 is 0 Å². The van der Waals surface area contributed by atoms with Crippen LogP contribution < -0.4 is 5.73 Å². The van der Waals surface area contributed by atoms with Gasteiger partial charge in [-0.25, -0.2) is 8.78 Å². The fraction of sp³-hybridized carbons (Fsp3) is 0.333. The van der Waals surface area contributed by atoms with Gasteiger partial charge in [0.05, 0.1) is 0 Å². The number of hydrogen-bond acceptors (Lipinski definition) is 1. The average Bonchev–Trinajstić information content (AvgIpc) is 2.19. The molecule has 8 heteroatoms. The van der Waals surface area contributed by atoms with E-state index in [1.165, 1.54) is 0 Å². The molecule has 1 nitrogen and oxygen atoms in total. The normalized spacial score (nSPS) is 14.8. The summed E-state index contributed by atoms with van der Waals surface area (Å²) in [6.07, 6.45) is -5.94. The molecule has 0 aliphatic heterocycles. The van der Waals surface area contributed by atoms with Crippen LogP contribution in [0, 0.1) is 11.6 Å². The van der Waals surface area contributed by atoms with E-state index in [4.69, 9.17) is 0 Å². The number of hydrogen-bond donors (Lipinski definition) is 1. The molecule has 96 valence electrons. The second-order valence-electron chi connectivity index (χ2n) is 3.26. The summed E-state index contributed by atoms with van der Waals surface area (Å²) >= 11 is 0. The number of alkyl halides is 5. The first kappa shape index (κ1) is 13.8. The molecule has 0 bridgehead atoms. The molecule has 0 aliphatic rings. The maximum atomic E-state index is 13.0. The summed E-state index contributed by atoms with van der Waals surface area (Å²) in [6, 6.07) is -1.79. The number of halogens is 7. The Morgan fingerprint density at radius 1 is 1.00 bits per heavy atom. The van der Waals surface area contributed by atoms with E-state index in [9.17, 15) is 30.7 Å². The van der Waals surface area contributed by atoms with Crippen molar-refractivity contribution in [1.29, 1.82) is 0 Å². The van der Waals surface area contributed by atoms with Crippen LogP contribution in [0.5, 0.6) is 0 Å². The van der Waals surface area contributed by atoms with Crippen molar-refractivity contribution in [3.8, 4) is 0 Å². The molecule has 0 spiro atoms. The van der Waals surface area contributed by atoms with Gasteiger partial charge in [0.1, 0.15) is 17.7 Å². The van der Waals surface area contributed by atoms with Crippen molar-refractivity contribution in [2.75, 3.05) is 0 Å². The molecule has 0 amide bonds. The first-order valence-electron chi connectivity index (χ1n) is 4.22. The molecule has 1 aromatic carbocycles. The van der Waals surface area contributed by atoms with Crippen molar-refractivity contribution in [2.45, 2.75) is 18.1 Å². The summed E-state index contributed by atoms with van der Waals surface area (Å²) in [7, 11) is 0. The van der Waals surface area contributed by atoms with Crippen LogP contribution in [-0.4, -0.2) is 12.1 Å². The van der Waals surface area contributed by atoms with E-state index in [1.54, 1.807) is 0 Å². The highest BCUT2D eigenvalue weighted by atomic mass is 19.4. The van der Waals surface area contributed by atoms with Crippen molar-refractivity contribution in [2.24, 2.45) is 5.73 Å². The summed E-state index contributed by atoms with van der Waals surface area (Å²) in [6.45, 7) is 0. The first-order chi connectivity index (χ1) is 7.57. The molecule has 2 N–H and O–H groups in total. The van der Waals surface area contributed by atoms with Gasteiger partial charge in [-0.2, -0.15) is 22.0 Å². The molecular weight excluding hydrogens is 255 g/mol. The maximum absolute atomic E-state index is 13.0. The van der Waals surface area contributed by atoms with Crippen LogP contribution >= 0.6 is 0 Å². The van der Waals surface area contributed by atoms with E-state index < -0.39 is 35.3 Å². The second-order valence-corrected chi connectivity index (χ2v) is 3.26. The van der Waals surface area contributed by atoms with Gasteiger partial charge in [0, 0.05) is 5.56 Å². The second kappa shape index (κ2) is 4.17. The Kier molecular flexibility index (Phi) is 3.37. The summed E-state index contributed by atoms with van der Waals surface area (Å²) < 4.78 is 87.1. The summed E-state index contributed by atoms with van der Waals surface area (Å²) in [4.78, 5) is 0. The fourth-order valence-electron chi connectivity index (χ4n) is 1.12. The fourth-order valence-corrected chi connectivity index (χ4v) is 1.12. The van der Waals surface area contributed by atoms with Gasteiger partial charge < -0.3 is 5.73 Å². The monoisotopic (exact) mass is 261 g/mol. The largest absolute Gasteiger partial charge is 0.455 e. The van der Waals surface area contributed by atoms with Gasteiger partial charge in [-0.1, -0.05) is 0 Å². The van der Waals surface area contributed by atoms with Crippen LogP contribution in [0.2, 0.25) is 0 Å². The Morgan fingerprint density at radius 2 is 1.53 bits per heavy atom. The van der Waals surface area contributed by atoms with E-state index in [2.05, 4.69) is 5.73 Å². The Morgan fingerprint density at radius 3 is 2.00 bits per heavy atom. The predicted octanol–water partition coefficient (Wildman–Crippen LogP) is 3.16. The Balaban J connectivity index is 3.21. The molecule has 1 rings (SSSR count). The van der Waals surface area contributed by atoms with E-state index in [1.807, 2.05) is 0 Å². The highest BCUT2D eigenvalue weighted by Gasteiger charge is 2.62. The van der Waals surface area contributed by atoms with Crippen molar-refractivity contribution < 1.29 is 30.7 Å². The zero-order valence-corrected chi connectivity index (χ0v) is 8.03. The molecule has 0 heterocycles. The number of rotatable bonds is 2. The predicted molar refractivity (Wildman–Crippen MR) is 44.3 cm³/mol. The first-order valence-corrected chi connectivity index (χ1v) is 4.22. The van der Waals surface area contributed by atoms with Crippen LogP contribution in [0.4, 0.5) is 30.7 Å². The Bertz CT molecular complexity index is 412. The van der Waals surface area contributed by atoms with Gasteiger partial charge in [0.15, 0.2) is 0 Å². The summed E-state index contributed by atoms with van der Waals surface area (Å²) in [5.41, 5.74) is 3.42. The third kappa shape index (κ3) is 2.51. The van der Waals surface area contributed by atoms with E-state index in [0.29, 0.717) is 12.1 Å². The lowest BCUT2D eigenvalue weighted by atomic mass is 10.0. The van der Waals surface area contributed by atoms with Crippen LogP contribution in [-0.2, 0) is 0 Å². The lowest BCUT2D eigenvalue weighted by molar-refractivity contribution is -0.291. The molecule has 1 atom stereocenters. The topological polar surface area (TPSA) is 26.0 Å². The van der Waals surface area contributed by atoms with Crippen molar-refractivity contribution in [3.05, 3.63) is 35.4 Å². The highest BCUT2D eigenvalue weighted by molar-refractivity contribution is 5.24. The molecule has 0 radical (unpaired) electrons. The van der Waals surface area contributed by atoms with Gasteiger partial charge in [-0.15, -0.1) is 0 Å². The van der Waals surface area contributed by atoms with E-state index in [0.717, 1.165) is 0 Å². The Hall–Kier alpha value is -1.31. The lowest BCUT2D eigenvalue weighted by Crippen LogP contribution is -2.46. The number of benzene rings is 1. The molecule has 17 heavy (non-hydrogen) atoms. The van der Waals surface area contributed by atoms with Gasteiger partial charge >= 0.3 is 12.1 Å². The third-order valence-electron chi connectivity index (χ3n) is 2.06. The average molecular weight is 261 g/mol. The third-order valence-corrected chi connectivity index (χ3v) is 2.06. The van der Waals surface area contributed by atoms with Crippen LogP contribution in [0.15, 0.2) is 18.2 Å². The molecule has 0 saturated carbocycles. The molecule has 0 unspecified atom stereocenters. The van der Waals surface area contributed by atoms with Gasteiger partial charge in [0.2, 0.25) is 0 Å². The van der Waals surface area contributed by atoms with Crippen molar-refractivity contribution in [3.63, 3.8) is 0 Å². The lowest BCUT2D eigenvalue weighted by Gasteiger charge is -2.26. The quantitative estimate of drug-likeness (QED) is 0.813. The van der Waals surface area contributed by atoms with Crippen molar-refractivity contribution in [1.82, 2.24) is 0 Å². The summed E-state index contributed by atoms with van der Waals surface area (Å²) in [5, 5.41) is 0. The molecule has 0 saturated heterocycles. The zero-order valence-electron chi connectivity index (χ0n) is 8.03. The van der Waals surface area contributed by atoms with E-state index in [-0.39, 0.29) is 6.07 Å². The van der Waals surface area contributed by atoms with Gasteiger partial charge in [0.25, 0.3) is 0 Å². The van der Waals surface area contributed by atoms with Crippen LogP contribution in [0.25, 0.3) is 0 Å². The minimum Gasteiger partial charge on any atom is -0.319 e. The minimum absolute atomic E-state index is 0.208. The number of nitrogens with two attached hydrogens (primary N) is 1. The SMILES string of the molecule is N[C@H](c1cc(F)ccc1F)C(F)(F)C(F)(F)F.